The van der Waals surface area contributed by atoms with Crippen LogP contribution in [0.1, 0.15) is 164 Å². The number of hydrogen-bond acceptors (Lipinski definition) is 18. The minimum absolute atomic E-state index is 0.165. The van der Waals surface area contributed by atoms with Gasteiger partial charge in [0, 0.05) is 137 Å². The predicted octanol–water partition coefficient (Wildman–Crippen LogP) is 25.5. The maximum atomic E-state index is 9.04. The molecule has 12 aromatic rings. The third-order valence-electron chi connectivity index (χ3n) is 26.6. The molecule has 0 N–H and O–H groups in total. The van der Waals surface area contributed by atoms with Crippen molar-refractivity contribution in [3.05, 3.63) is 276 Å². The van der Waals surface area contributed by atoms with Crippen LogP contribution < -0.4 is 78.4 Å². The number of nitrogens with zero attached hydrogens (tertiary/aromatic N) is 18. The van der Waals surface area contributed by atoms with Crippen molar-refractivity contribution in [2.75, 3.05) is 120 Å². The lowest BCUT2D eigenvalue weighted by Gasteiger charge is -2.36. The van der Waals surface area contributed by atoms with Crippen LogP contribution in [0.25, 0.3) is 0 Å². The van der Waals surface area contributed by atoms with Crippen molar-refractivity contribution in [2.24, 2.45) is 0 Å². The number of rotatable bonds is 12. The maximum Gasteiger partial charge on any atom is 0.158 e. The zero-order valence-corrected chi connectivity index (χ0v) is 75.2. The van der Waals surface area contributed by atoms with Gasteiger partial charge in [-0.15, -0.1) is 0 Å². The van der Waals surface area contributed by atoms with Crippen molar-refractivity contribution in [2.45, 2.75) is 206 Å². The summed E-state index contributed by atoms with van der Waals surface area (Å²) in [6.45, 7) is 15.0. The molecule has 0 aliphatic carbocycles. The normalized spacial score (nSPS) is 23.6. The maximum absolute atomic E-state index is 9.04. The van der Waals surface area contributed by atoms with Crippen LogP contribution in [-0.2, 0) is 0 Å². The van der Waals surface area contributed by atoms with Crippen molar-refractivity contribution in [1.82, 2.24) is 9.97 Å². The molecule has 20 rings (SSSR count). The Morgan fingerprint density at radius 2 is 0.552 bits per heavy atom. The number of para-hydroxylation sites is 12. The summed E-state index contributed by atoms with van der Waals surface area (Å²) in [5, 5.41) is 0. The lowest BCUT2D eigenvalue weighted by atomic mass is 10.0. The molecular weight excluding hydrogens is 1540 g/mol. The van der Waals surface area contributed by atoms with Crippen LogP contribution in [0, 0.1) is 48.5 Å². The fourth-order valence-electron chi connectivity index (χ4n) is 20.2. The van der Waals surface area contributed by atoms with Gasteiger partial charge in [0.1, 0.15) is 49.3 Å². The Labute approximate surface area is 774 Å². The molecule has 18 heteroatoms. The molecule has 8 aliphatic rings. The first-order chi connectivity index (χ1) is 68.2. The van der Waals surface area contributed by atoms with Crippen LogP contribution in [0.4, 0.5) is 137 Å². The molecule has 125 heavy (non-hydrogen) atoms. The Bertz CT molecular complexity index is 6870. The molecule has 646 valence electrons. The van der Waals surface area contributed by atoms with Gasteiger partial charge in [0.25, 0.3) is 0 Å². The van der Waals surface area contributed by atoms with Gasteiger partial charge in [0.15, 0.2) is 11.6 Å². The second kappa shape index (κ2) is 33.4. The first-order valence-electron chi connectivity index (χ1n) is 53.6. The van der Waals surface area contributed by atoms with E-state index in [1.807, 2.05) is 198 Å². The highest BCUT2D eigenvalue weighted by Crippen LogP contribution is 2.56. The number of hydrogen-bond donors (Lipinski definition) is 0. The van der Waals surface area contributed by atoms with Gasteiger partial charge in [-0.25, -0.2) is 9.97 Å². The molecule has 8 aliphatic heterocycles. The SMILES string of the molecule is Cc1c(N2c3ncccc3N(C)[C@H]2C)cccc1N1c2ncccc2N(C)[C@@H]1C.[2H]C([2H])(C)N1c2ccccc2N(c2cc(C)cc(N3c4ccccc4N(C([2H])([2H])C([2H])([2H])[2H])[C@H]3C)c2C)[C@H]1C.[2H]C([2H])([2H])C([2H])(C)N1c2ccccc2N(c2cc(C)cc(N3c4ccccc4N(C([2H])(C([2H])([2H])[2H])C([2H])([2H])[2H])[C@H]3C)c2C)[C@H]1C.[2H]C([2H])([2H])N1c2ccccc2N(c2cc(C)cc(N3c4ccccc4N(C)[C@H]3C)c2C)[C@H]1C. The Hall–Kier alpha value is -12.7. The van der Waals surface area contributed by atoms with Gasteiger partial charge in [-0.2, -0.15) is 0 Å². The quantitative estimate of drug-likeness (QED) is 0.116. The monoisotopic (exact) mass is 1690 g/mol. The van der Waals surface area contributed by atoms with Crippen LogP contribution in [0.2, 0.25) is 0 Å². The van der Waals surface area contributed by atoms with Gasteiger partial charge in [0.2, 0.25) is 0 Å². The van der Waals surface area contributed by atoms with Crippen LogP contribution in [0.5, 0.6) is 0 Å². The van der Waals surface area contributed by atoms with E-state index in [1.165, 1.54) is 45.0 Å². The fraction of sp³-hybridized carbons (Fsp3) is 0.346. The second-order valence-corrected chi connectivity index (χ2v) is 33.8. The smallest absolute Gasteiger partial charge is 0.158 e. The highest BCUT2D eigenvalue weighted by atomic mass is 15.5. The zero-order valence-electron chi connectivity index (χ0n) is 96.2. The van der Waals surface area contributed by atoms with Crippen molar-refractivity contribution in [3.8, 4) is 0 Å². The summed E-state index contributed by atoms with van der Waals surface area (Å²) in [6.07, 6.45) is 1.59. The van der Waals surface area contributed by atoms with E-state index in [2.05, 4.69) is 175 Å². The molecule has 0 saturated heterocycles. The zero-order chi connectivity index (χ0) is 106. The molecule has 10 heterocycles. The van der Waals surface area contributed by atoms with Gasteiger partial charge in [-0.3, -0.25) is 0 Å². The first-order valence-corrected chi connectivity index (χ1v) is 43.1. The molecule has 9 atom stereocenters. The summed E-state index contributed by atoms with van der Waals surface area (Å²) in [5.74, 6) is 2.01. The van der Waals surface area contributed by atoms with Gasteiger partial charge < -0.3 is 78.4 Å². The van der Waals surface area contributed by atoms with Crippen LogP contribution in [0.15, 0.2) is 237 Å². The third kappa shape index (κ3) is 13.9. The van der Waals surface area contributed by atoms with E-state index in [4.69, 9.17) is 38.8 Å². The van der Waals surface area contributed by atoms with Crippen molar-refractivity contribution in [1.29, 1.82) is 0 Å². The Balaban J connectivity index is 0.000000135. The third-order valence-corrected chi connectivity index (χ3v) is 26.6. The molecule has 0 saturated carbocycles. The highest BCUT2D eigenvalue weighted by molar-refractivity contribution is 5.96. The molecule has 0 amide bonds. The molecule has 2 aromatic heterocycles. The number of aromatic nitrogens is 2. The minimum atomic E-state index is -3.17. The van der Waals surface area contributed by atoms with E-state index >= 15 is 0 Å². The molecule has 10 aromatic carbocycles. The van der Waals surface area contributed by atoms with E-state index < -0.39 is 77.9 Å². The number of benzene rings is 10. The highest BCUT2D eigenvalue weighted by Gasteiger charge is 2.44. The molecule has 1 unspecified atom stereocenters. The van der Waals surface area contributed by atoms with Crippen molar-refractivity contribution >= 4 is 137 Å². The van der Waals surface area contributed by atoms with Crippen LogP contribution in [0.3, 0.4) is 0 Å². The van der Waals surface area contributed by atoms with Gasteiger partial charge in [-0.05, 0) is 330 Å². The standard InChI is InChI=1S/C30H38N4.C28H34N4.C26H30N4.C23H26N6/c1-19(2)31-23(7)33(27-15-11-9-13-25(27)31)29-17-21(5)18-30(22(29)6)34-24(8)32(20(3)4)26-14-10-12-16-28(26)34;1-7-29-21(5)31(25-15-11-9-13-23(25)29)27-17-19(3)18-28(20(27)4)32-22(6)30(8-2)24-14-10-12-16-26(24)32;1-17-15-25(29-19(3)27(5)21-11-7-9-13-23(21)29)18(2)26(16-17)30-20(4)28(6)22-12-8-10-14-24(22)30;1-15-18(28-16(2)26(4)20-11-7-13-24-22(20)28)9-6-10-19(15)29-17(3)27(5)21-12-8-14-25-23(21)29/h9-20,23-24H,1-8H3;9-18,21-22H,7-8H2,1-6H3;7-16,19-20H,1-6H3;6-14,16-17H,1-5H3/t23-,24+;21-,22+;19-,20+;16-,17+/i1D3,2D3,3D3,19D,20D;1D3,7D2,8D2;5D3;/t20?,23-,24+;2m;/m110./s1. The van der Waals surface area contributed by atoms with Gasteiger partial charge >= 0.3 is 0 Å². The summed E-state index contributed by atoms with van der Waals surface area (Å²) < 4.78 is 174. The number of pyridine rings is 2. The molecular formula is C107H128N18. The predicted molar refractivity (Wildman–Crippen MR) is 534 cm³/mol. The van der Waals surface area contributed by atoms with E-state index in [0.717, 1.165) is 119 Å². The molecule has 18 nitrogen and oxygen atoms in total. The summed E-state index contributed by atoms with van der Waals surface area (Å²) in [4.78, 5) is 41.0. The molecule has 0 fully saturated rings. The minimum Gasteiger partial charge on any atom is -0.353 e. The molecule has 0 spiro atoms. The van der Waals surface area contributed by atoms with E-state index in [9.17, 15) is 0 Å². The average Bonchev–Trinajstić information content (AvgIpc) is 1.56. The van der Waals surface area contributed by atoms with E-state index in [-0.39, 0.29) is 30.8 Å². The van der Waals surface area contributed by atoms with Gasteiger partial charge in [-0.1, -0.05) is 78.9 Å². The molecule has 0 radical (unpaired) electrons. The van der Waals surface area contributed by atoms with E-state index in [0.29, 0.717) is 28.4 Å². The summed E-state index contributed by atoms with van der Waals surface area (Å²) in [5.41, 5.74) is 26.4. The summed E-state index contributed by atoms with van der Waals surface area (Å²) in [6, 6.07) is 68.0. The number of fused-ring (bicyclic) bond motifs is 8. The first kappa shape index (κ1) is 62.4. The lowest BCUT2D eigenvalue weighted by molar-refractivity contribution is 0.603. The topological polar surface area (TPSA) is 77.6 Å². The molecule has 0 bridgehead atoms. The summed E-state index contributed by atoms with van der Waals surface area (Å²) in [7, 11) is 6.38. The Kier molecular flexibility index (Phi) is 16.7. The fourth-order valence-corrected chi connectivity index (χ4v) is 20.2. The second-order valence-electron chi connectivity index (χ2n) is 33.8. The lowest BCUT2D eigenvalue weighted by Crippen LogP contribution is -2.43. The Morgan fingerprint density at radius 3 is 0.912 bits per heavy atom. The average molecular weight is 1690 g/mol. The Morgan fingerprint density at radius 1 is 0.288 bits per heavy atom. The van der Waals surface area contributed by atoms with E-state index in [1.54, 1.807) is 64.9 Å². The van der Waals surface area contributed by atoms with Crippen molar-refractivity contribution in [3.63, 3.8) is 0 Å². The number of aryl methyl sites for hydroxylation is 3. The van der Waals surface area contributed by atoms with Crippen molar-refractivity contribution < 1.29 is 28.8 Å². The number of anilines is 24. The van der Waals surface area contributed by atoms with Crippen LogP contribution >= 0.6 is 0 Å². The summed E-state index contributed by atoms with van der Waals surface area (Å²) >= 11 is 0. The van der Waals surface area contributed by atoms with Crippen LogP contribution in [-0.4, -0.2) is 112 Å². The van der Waals surface area contributed by atoms with Gasteiger partial charge in [0.05, 0.1) is 82.4 Å². The largest absolute Gasteiger partial charge is 0.353 e.